The molecular formula is C15H10F4O3. The Morgan fingerprint density at radius 3 is 2.36 bits per heavy atom. The number of rotatable bonds is 3. The second-order valence-electron chi connectivity index (χ2n) is 4.53. The minimum atomic E-state index is -4.83. The van der Waals surface area contributed by atoms with Crippen LogP contribution in [0, 0.1) is 12.7 Å². The van der Waals surface area contributed by atoms with Gasteiger partial charge in [0.25, 0.3) is 0 Å². The van der Waals surface area contributed by atoms with E-state index in [1.54, 1.807) is 0 Å². The first-order valence-corrected chi connectivity index (χ1v) is 6.07. The molecule has 0 bridgehead atoms. The lowest BCUT2D eigenvalue weighted by Gasteiger charge is -2.11. The molecule has 0 aliphatic heterocycles. The maximum Gasteiger partial charge on any atom is 0.573 e. The van der Waals surface area contributed by atoms with E-state index in [1.807, 2.05) is 0 Å². The van der Waals surface area contributed by atoms with Crippen LogP contribution in [0.25, 0.3) is 11.1 Å². The predicted octanol–water partition coefficient (Wildman–Crippen LogP) is 4.40. The summed E-state index contributed by atoms with van der Waals surface area (Å²) >= 11 is 0. The maximum absolute atomic E-state index is 13.8. The predicted molar refractivity (Wildman–Crippen MR) is 70.2 cm³/mol. The Morgan fingerprint density at radius 2 is 1.82 bits per heavy atom. The maximum atomic E-state index is 13.8. The number of aryl methyl sites for hydroxylation is 1. The lowest BCUT2D eigenvalue weighted by atomic mass is 9.99. The third-order valence-corrected chi connectivity index (χ3v) is 2.90. The SMILES string of the molecule is Cc1cc(-c2cccc(OC(F)(F)F)c2)cc(F)c1C(=O)O. The highest BCUT2D eigenvalue weighted by Crippen LogP contribution is 2.30. The summed E-state index contributed by atoms with van der Waals surface area (Å²) in [4.78, 5) is 10.9. The lowest BCUT2D eigenvalue weighted by molar-refractivity contribution is -0.274. The van der Waals surface area contributed by atoms with Crippen LogP contribution in [-0.4, -0.2) is 17.4 Å². The molecule has 116 valence electrons. The molecule has 0 spiro atoms. The summed E-state index contributed by atoms with van der Waals surface area (Å²) in [6.45, 7) is 1.41. The molecule has 0 aliphatic carbocycles. The van der Waals surface area contributed by atoms with Crippen molar-refractivity contribution < 1.29 is 32.2 Å². The van der Waals surface area contributed by atoms with Gasteiger partial charge in [0.1, 0.15) is 11.6 Å². The van der Waals surface area contributed by atoms with Gasteiger partial charge in [0, 0.05) is 0 Å². The van der Waals surface area contributed by atoms with Crippen molar-refractivity contribution >= 4 is 5.97 Å². The Bertz CT molecular complexity index is 700. The molecule has 0 unspecified atom stereocenters. The monoisotopic (exact) mass is 314 g/mol. The molecule has 0 aliphatic rings. The van der Waals surface area contributed by atoms with E-state index in [2.05, 4.69) is 4.74 Å². The summed E-state index contributed by atoms with van der Waals surface area (Å²) in [7, 11) is 0. The number of benzene rings is 2. The number of halogens is 4. The highest BCUT2D eigenvalue weighted by atomic mass is 19.4. The molecule has 2 aromatic carbocycles. The van der Waals surface area contributed by atoms with Crippen LogP contribution in [0.1, 0.15) is 15.9 Å². The van der Waals surface area contributed by atoms with Crippen LogP contribution in [0.3, 0.4) is 0 Å². The summed E-state index contributed by atoms with van der Waals surface area (Å²) in [5.74, 6) is -2.80. The minimum absolute atomic E-state index is 0.171. The van der Waals surface area contributed by atoms with Crippen LogP contribution in [-0.2, 0) is 0 Å². The average Bonchev–Trinajstić information content (AvgIpc) is 2.35. The summed E-state index contributed by atoms with van der Waals surface area (Å²) in [5, 5.41) is 8.89. The van der Waals surface area contributed by atoms with Crippen molar-refractivity contribution in [2.75, 3.05) is 0 Å². The van der Waals surface area contributed by atoms with Gasteiger partial charge in [0.05, 0.1) is 5.56 Å². The standard InChI is InChI=1S/C15H10F4O3/c1-8-5-10(7-12(16)13(8)14(20)21)9-3-2-4-11(6-9)22-15(17,18)19/h2-7H,1H3,(H,20,21). The average molecular weight is 314 g/mol. The molecule has 0 saturated carbocycles. The summed E-state index contributed by atoms with van der Waals surface area (Å²) in [6, 6.07) is 7.36. The van der Waals surface area contributed by atoms with Gasteiger partial charge < -0.3 is 9.84 Å². The minimum Gasteiger partial charge on any atom is -0.478 e. The molecule has 0 heterocycles. The Morgan fingerprint density at radius 1 is 1.14 bits per heavy atom. The van der Waals surface area contributed by atoms with Crippen molar-refractivity contribution in [1.82, 2.24) is 0 Å². The highest BCUT2D eigenvalue weighted by Gasteiger charge is 2.31. The van der Waals surface area contributed by atoms with Gasteiger partial charge in [0.2, 0.25) is 0 Å². The third-order valence-electron chi connectivity index (χ3n) is 2.90. The van der Waals surface area contributed by atoms with Gasteiger partial charge in [-0.05, 0) is 41.8 Å². The van der Waals surface area contributed by atoms with E-state index in [0.29, 0.717) is 0 Å². The van der Waals surface area contributed by atoms with E-state index in [-0.39, 0.29) is 16.7 Å². The summed E-state index contributed by atoms with van der Waals surface area (Å²) < 4.78 is 54.2. The fourth-order valence-electron chi connectivity index (χ4n) is 2.05. The zero-order chi connectivity index (χ0) is 16.5. The van der Waals surface area contributed by atoms with Gasteiger partial charge in [-0.2, -0.15) is 0 Å². The van der Waals surface area contributed by atoms with Crippen LogP contribution >= 0.6 is 0 Å². The molecule has 1 N–H and O–H groups in total. The molecule has 0 atom stereocenters. The first kappa shape index (κ1) is 15.8. The van der Waals surface area contributed by atoms with Crippen LogP contribution in [0.5, 0.6) is 5.75 Å². The lowest BCUT2D eigenvalue weighted by Crippen LogP contribution is -2.17. The van der Waals surface area contributed by atoms with E-state index in [1.165, 1.54) is 25.1 Å². The van der Waals surface area contributed by atoms with Gasteiger partial charge in [-0.15, -0.1) is 13.2 Å². The molecule has 7 heteroatoms. The van der Waals surface area contributed by atoms with E-state index < -0.39 is 29.5 Å². The number of alkyl halides is 3. The Kier molecular flexibility index (Phi) is 4.07. The van der Waals surface area contributed by atoms with E-state index in [9.17, 15) is 22.4 Å². The molecule has 0 amide bonds. The molecular weight excluding hydrogens is 304 g/mol. The van der Waals surface area contributed by atoms with Gasteiger partial charge in [-0.1, -0.05) is 18.2 Å². The zero-order valence-corrected chi connectivity index (χ0v) is 11.2. The Balaban J connectivity index is 2.45. The first-order valence-electron chi connectivity index (χ1n) is 6.07. The number of ether oxygens (including phenoxy) is 1. The molecule has 0 saturated heterocycles. The number of aromatic carboxylic acids is 1. The molecule has 3 nitrogen and oxygen atoms in total. The van der Waals surface area contributed by atoms with E-state index in [0.717, 1.165) is 18.2 Å². The van der Waals surface area contributed by atoms with E-state index >= 15 is 0 Å². The van der Waals surface area contributed by atoms with Crippen LogP contribution in [0.2, 0.25) is 0 Å². The molecule has 22 heavy (non-hydrogen) atoms. The number of carbonyl (C=O) groups is 1. The number of carboxylic acids is 1. The normalized spacial score (nSPS) is 11.3. The molecule has 2 rings (SSSR count). The molecule has 0 radical (unpaired) electrons. The topological polar surface area (TPSA) is 46.5 Å². The first-order chi connectivity index (χ1) is 10.2. The Labute approximate surface area is 122 Å². The number of hydrogen-bond donors (Lipinski definition) is 1. The number of hydrogen-bond acceptors (Lipinski definition) is 2. The molecule has 0 fully saturated rings. The Hall–Kier alpha value is -2.57. The second-order valence-corrected chi connectivity index (χ2v) is 4.53. The van der Waals surface area contributed by atoms with Crippen molar-refractivity contribution in [2.45, 2.75) is 13.3 Å². The quantitative estimate of drug-likeness (QED) is 0.854. The smallest absolute Gasteiger partial charge is 0.478 e. The van der Waals surface area contributed by atoms with Crippen molar-refractivity contribution in [3.63, 3.8) is 0 Å². The fourth-order valence-corrected chi connectivity index (χ4v) is 2.05. The van der Waals surface area contributed by atoms with E-state index in [4.69, 9.17) is 5.11 Å². The molecule has 0 aromatic heterocycles. The highest BCUT2D eigenvalue weighted by molar-refractivity contribution is 5.90. The van der Waals surface area contributed by atoms with Crippen molar-refractivity contribution in [1.29, 1.82) is 0 Å². The van der Waals surface area contributed by atoms with Gasteiger partial charge in [-0.3, -0.25) is 0 Å². The van der Waals surface area contributed by atoms with Crippen LogP contribution < -0.4 is 4.74 Å². The van der Waals surface area contributed by atoms with Crippen molar-refractivity contribution in [3.05, 3.63) is 53.3 Å². The number of carboxylic acid groups (broad SMARTS) is 1. The zero-order valence-electron chi connectivity index (χ0n) is 11.2. The molecule has 2 aromatic rings. The van der Waals surface area contributed by atoms with Crippen molar-refractivity contribution in [3.8, 4) is 16.9 Å². The van der Waals surface area contributed by atoms with Crippen molar-refractivity contribution in [2.24, 2.45) is 0 Å². The van der Waals surface area contributed by atoms with Crippen LogP contribution in [0.15, 0.2) is 36.4 Å². The van der Waals surface area contributed by atoms with Gasteiger partial charge in [0.15, 0.2) is 0 Å². The van der Waals surface area contributed by atoms with Gasteiger partial charge >= 0.3 is 12.3 Å². The summed E-state index contributed by atoms with van der Waals surface area (Å²) in [5.41, 5.74) is 0.240. The van der Waals surface area contributed by atoms with Crippen LogP contribution in [0.4, 0.5) is 17.6 Å². The fraction of sp³-hybridized carbons (Fsp3) is 0.133. The van der Waals surface area contributed by atoms with Gasteiger partial charge in [-0.25, -0.2) is 9.18 Å². The largest absolute Gasteiger partial charge is 0.573 e. The third kappa shape index (κ3) is 3.55. The summed E-state index contributed by atoms with van der Waals surface area (Å²) in [6.07, 6.45) is -4.83. The second kappa shape index (κ2) is 5.67.